The van der Waals surface area contributed by atoms with Crippen molar-refractivity contribution in [3.05, 3.63) is 35.6 Å². The first-order chi connectivity index (χ1) is 8.69. The summed E-state index contributed by atoms with van der Waals surface area (Å²) in [4.78, 5) is 14.0. The fourth-order valence-electron chi connectivity index (χ4n) is 1.98. The number of rotatable bonds is 6. The minimum absolute atomic E-state index is 0.0353. The van der Waals surface area contributed by atoms with Crippen LogP contribution < -0.4 is 5.32 Å². The number of likely N-dealkylation sites (N-methyl/N-ethyl adjacent to an activating group) is 1. The third-order valence-electron chi connectivity index (χ3n) is 3.22. The molecule has 2 rings (SSSR count). The van der Waals surface area contributed by atoms with Crippen LogP contribution in [0.4, 0.5) is 4.39 Å². The van der Waals surface area contributed by atoms with Crippen molar-refractivity contribution >= 4 is 5.91 Å². The maximum absolute atomic E-state index is 12.7. The third-order valence-corrected chi connectivity index (χ3v) is 3.22. The van der Waals surface area contributed by atoms with E-state index >= 15 is 0 Å². The van der Waals surface area contributed by atoms with E-state index in [-0.39, 0.29) is 11.7 Å². The number of benzene rings is 1. The predicted octanol–water partition coefficient (Wildman–Crippen LogP) is 1.93. The normalized spacial score (nSPS) is 14.8. The maximum atomic E-state index is 12.7. The molecule has 3 nitrogen and oxygen atoms in total. The second-order valence-electron chi connectivity index (χ2n) is 4.70. The molecule has 0 atom stereocenters. The largest absolute Gasteiger partial charge is 0.351 e. The highest BCUT2D eigenvalue weighted by Crippen LogP contribution is 2.25. The molecule has 1 saturated carbocycles. The number of hydrogen-bond acceptors (Lipinski definition) is 2. The van der Waals surface area contributed by atoms with Crippen LogP contribution >= 0.6 is 0 Å². The molecule has 0 radical (unpaired) electrons. The van der Waals surface area contributed by atoms with Crippen molar-refractivity contribution < 1.29 is 9.18 Å². The van der Waals surface area contributed by atoms with Gasteiger partial charge in [-0.25, -0.2) is 4.39 Å². The van der Waals surface area contributed by atoms with Gasteiger partial charge in [0, 0.05) is 12.6 Å². The lowest BCUT2D eigenvalue weighted by Crippen LogP contribution is -2.38. The van der Waals surface area contributed by atoms with Crippen molar-refractivity contribution in [1.82, 2.24) is 10.2 Å². The molecule has 1 amide bonds. The Morgan fingerprint density at radius 2 is 2.06 bits per heavy atom. The molecule has 0 bridgehead atoms. The molecule has 98 valence electrons. The summed E-state index contributed by atoms with van der Waals surface area (Å²) in [6, 6.07) is 6.79. The standard InChI is InChI=1S/C14H19FN2O/c1-2-17(13-7-8-13)10-14(18)16-9-11-3-5-12(15)6-4-11/h3-6,13H,2,7-10H2,1H3,(H,16,18). The number of carbonyl (C=O) groups is 1. The Labute approximate surface area is 107 Å². The van der Waals surface area contributed by atoms with Gasteiger partial charge in [-0.1, -0.05) is 19.1 Å². The summed E-state index contributed by atoms with van der Waals surface area (Å²) in [6.45, 7) is 3.91. The zero-order valence-corrected chi connectivity index (χ0v) is 10.7. The van der Waals surface area contributed by atoms with Gasteiger partial charge in [0.2, 0.25) is 5.91 Å². The molecule has 1 aliphatic rings. The summed E-state index contributed by atoms with van der Waals surface area (Å²) in [7, 11) is 0. The molecule has 1 fully saturated rings. The Morgan fingerprint density at radius 1 is 1.39 bits per heavy atom. The molecule has 1 aromatic rings. The molecular formula is C14H19FN2O. The third kappa shape index (κ3) is 3.81. The highest BCUT2D eigenvalue weighted by Gasteiger charge is 2.28. The van der Waals surface area contributed by atoms with Crippen LogP contribution in [0.1, 0.15) is 25.3 Å². The summed E-state index contributed by atoms with van der Waals surface area (Å²) in [6.07, 6.45) is 2.41. The van der Waals surface area contributed by atoms with Gasteiger partial charge in [0.15, 0.2) is 0 Å². The van der Waals surface area contributed by atoms with Crippen LogP contribution in [0.3, 0.4) is 0 Å². The second kappa shape index (κ2) is 5.96. The van der Waals surface area contributed by atoms with Gasteiger partial charge in [-0.15, -0.1) is 0 Å². The van der Waals surface area contributed by atoms with Crippen molar-refractivity contribution in [3.8, 4) is 0 Å². The van der Waals surface area contributed by atoms with E-state index in [1.54, 1.807) is 12.1 Å². The van der Waals surface area contributed by atoms with Gasteiger partial charge in [-0.05, 0) is 37.1 Å². The smallest absolute Gasteiger partial charge is 0.234 e. The van der Waals surface area contributed by atoms with Crippen molar-refractivity contribution in [2.45, 2.75) is 32.4 Å². The zero-order chi connectivity index (χ0) is 13.0. The van der Waals surface area contributed by atoms with Gasteiger partial charge < -0.3 is 5.32 Å². The second-order valence-corrected chi connectivity index (χ2v) is 4.70. The first kappa shape index (κ1) is 13.0. The van der Waals surface area contributed by atoms with Gasteiger partial charge in [0.1, 0.15) is 5.82 Å². The molecule has 1 N–H and O–H groups in total. The van der Waals surface area contributed by atoms with Crippen LogP contribution in [-0.2, 0) is 11.3 Å². The Kier molecular flexibility index (Phi) is 4.31. The van der Waals surface area contributed by atoms with Crippen LogP contribution in [0.2, 0.25) is 0 Å². The number of nitrogens with zero attached hydrogens (tertiary/aromatic N) is 1. The monoisotopic (exact) mass is 250 g/mol. The molecule has 0 aliphatic heterocycles. The van der Waals surface area contributed by atoms with E-state index in [4.69, 9.17) is 0 Å². The Bertz CT molecular complexity index is 401. The van der Waals surface area contributed by atoms with E-state index in [1.165, 1.54) is 25.0 Å². The van der Waals surface area contributed by atoms with Crippen molar-refractivity contribution in [1.29, 1.82) is 0 Å². The van der Waals surface area contributed by atoms with Crippen LogP contribution in [0.5, 0.6) is 0 Å². The number of carbonyl (C=O) groups excluding carboxylic acids is 1. The zero-order valence-electron chi connectivity index (χ0n) is 10.7. The van der Waals surface area contributed by atoms with E-state index in [0.717, 1.165) is 12.1 Å². The summed E-state index contributed by atoms with van der Waals surface area (Å²) in [5.74, 6) is -0.218. The van der Waals surface area contributed by atoms with Gasteiger partial charge in [-0.3, -0.25) is 9.69 Å². The van der Waals surface area contributed by atoms with Crippen LogP contribution in [0, 0.1) is 5.82 Å². The first-order valence-electron chi connectivity index (χ1n) is 6.44. The van der Waals surface area contributed by atoms with Crippen LogP contribution in [-0.4, -0.2) is 29.9 Å². The number of nitrogens with one attached hydrogen (secondary N) is 1. The number of amides is 1. The van der Waals surface area contributed by atoms with E-state index in [2.05, 4.69) is 17.1 Å². The quantitative estimate of drug-likeness (QED) is 0.836. The summed E-state index contributed by atoms with van der Waals surface area (Å²) < 4.78 is 12.7. The minimum atomic E-state index is -0.254. The molecule has 0 aromatic heterocycles. The Hall–Kier alpha value is -1.42. The van der Waals surface area contributed by atoms with Crippen molar-refractivity contribution in [2.75, 3.05) is 13.1 Å². The Morgan fingerprint density at radius 3 is 2.61 bits per heavy atom. The van der Waals surface area contributed by atoms with E-state index < -0.39 is 0 Å². The fourth-order valence-corrected chi connectivity index (χ4v) is 1.98. The lowest BCUT2D eigenvalue weighted by atomic mass is 10.2. The first-order valence-corrected chi connectivity index (χ1v) is 6.44. The lowest BCUT2D eigenvalue weighted by Gasteiger charge is -2.18. The molecule has 1 aromatic carbocycles. The predicted molar refractivity (Wildman–Crippen MR) is 68.5 cm³/mol. The molecule has 0 unspecified atom stereocenters. The summed E-state index contributed by atoms with van der Waals surface area (Å²) in [5, 5.41) is 2.86. The van der Waals surface area contributed by atoms with Crippen molar-refractivity contribution in [3.63, 3.8) is 0 Å². The molecule has 0 heterocycles. The number of halogens is 1. The number of hydrogen-bond donors (Lipinski definition) is 1. The highest BCUT2D eigenvalue weighted by atomic mass is 19.1. The highest BCUT2D eigenvalue weighted by molar-refractivity contribution is 5.78. The van der Waals surface area contributed by atoms with Crippen LogP contribution in [0.25, 0.3) is 0 Å². The molecular weight excluding hydrogens is 231 g/mol. The van der Waals surface area contributed by atoms with Crippen molar-refractivity contribution in [2.24, 2.45) is 0 Å². The van der Waals surface area contributed by atoms with E-state index in [1.807, 2.05) is 0 Å². The average Bonchev–Trinajstić information content (AvgIpc) is 3.19. The fraction of sp³-hybridized carbons (Fsp3) is 0.500. The molecule has 4 heteroatoms. The van der Waals surface area contributed by atoms with Gasteiger partial charge in [0.25, 0.3) is 0 Å². The van der Waals surface area contributed by atoms with E-state index in [0.29, 0.717) is 19.1 Å². The average molecular weight is 250 g/mol. The lowest BCUT2D eigenvalue weighted by molar-refractivity contribution is -0.122. The molecule has 1 aliphatic carbocycles. The van der Waals surface area contributed by atoms with E-state index in [9.17, 15) is 9.18 Å². The Balaban J connectivity index is 1.75. The summed E-state index contributed by atoms with van der Waals surface area (Å²) in [5.41, 5.74) is 0.916. The summed E-state index contributed by atoms with van der Waals surface area (Å²) >= 11 is 0. The van der Waals surface area contributed by atoms with Gasteiger partial charge in [0.05, 0.1) is 6.54 Å². The van der Waals surface area contributed by atoms with Crippen LogP contribution in [0.15, 0.2) is 24.3 Å². The van der Waals surface area contributed by atoms with Gasteiger partial charge in [-0.2, -0.15) is 0 Å². The topological polar surface area (TPSA) is 32.3 Å². The van der Waals surface area contributed by atoms with Gasteiger partial charge >= 0.3 is 0 Å². The molecule has 0 spiro atoms. The SMILES string of the molecule is CCN(CC(=O)NCc1ccc(F)cc1)C1CC1. The minimum Gasteiger partial charge on any atom is -0.351 e. The molecule has 0 saturated heterocycles. The maximum Gasteiger partial charge on any atom is 0.234 e. The molecule has 18 heavy (non-hydrogen) atoms.